The molecule has 0 unspecified atom stereocenters. The number of fused-ring (bicyclic) bond motifs is 2. The molecule has 0 fully saturated rings. The van der Waals surface area contributed by atoms with Gasteiger partial charge in [0.05, 0.1) is 28.9 Å². The van der Waals surface area contributed by atoms with Crippen molar-refractivity contribution in [1.29, 1.82) is 0 Å². The van der Waals surface area contributed by atoms with Crippen LogP contribution in [-0.2, 0) is 20.7 Å². The zero-order valence-electron chi connectivity index (χ0n) is 18.3. The van der Waals surface area contributed by atoms with E-state index in [1.165, 1.54) is 0 Å². The van der Waals surface area contributed by atoms with Crippen LogP contribution in [0.4, 0.5) is 11.4 Å². The van der Waals surface area contributed by atoms with Crippen LogP contribution in [0, 0.1) is 0 Å². The van der Waals surface area contributed by atoms with Crippen molar-refractivity contribution >= 4 is 40.0 Å². The molecule has 0 saturated carbocycles. The number of rotatable bonds is 5. The summed E-state index contributed by atoms with van der Waals surface area (Å²) in [7, 11) is 0. The van der Waals surface area contributed by atoms with E-state index in [0.717, 1.165) is 0 Å². The highest BCUT2D eigenvalue weighted by Gasteiger charge is 2.26. The molecule has 1 aliphatic heterocycles. The van der Waals surface area contributed by atoms with E-state index in [1.54, 1.807) is 44.2 Å². The van der Waals surface area contributed by atoms with Gasteiger partial charge in [0.25, 0.3) is 5.56 Å². The van der Waals surface area contributed by atoms with Crippen molar-refractivity contribution in [2.75, 3.05) is 11.9 Å². The lowest BCUT2D eigenvalue weighted by atomic mass is 10.1. The third-order valence-electron chi connectivity index (χ3n) is 5.06. The number of amides is 1. The van der Waals surface area contributed by atoms with Crippen LogP contribution < -0.4 is 16.2 Å². The maximum atomic E-state index is 12.8. The van der Waals surface area contributed by atoms with E-state index < -0.39 is 5.97 Å². The second-order valence-electron chi connectivity index (χ2n) is 7.40. The summed E-state index contributed by atoms with van der Waals surface area (Å²) in [5, 5.41) is 6.38. The number of carbonyl (C=O) groups is 2. The molecule has 168 valence electrons. The number of hydrogen-bond acceptors (Lipinski definition) is 7. The Labute approximate surface area is 189 Å². The lowest BCUT2D eigenvalue weighted by molar-refractivity contribution is -0.137. The molecule has 2 aromatic carbocycles. The van der Waals surface area contributed by atoms with Gasteiger partial charge in [-0.15, -0.1) is 0 Å². The van der Waals surface area contributed by atoms with E-state index in [1.807, 2.05) is 18.2 Å². The fourth-order valence-electron chi connectivity index (χ4n) is 3.52. The van der Waals surface area contributed by atoms with Crippen molar-refractivity contribution in [3.8, 4) is 0 Å². The zero-order valence-corrected chi connectivity index (χ0v) is 18.3. The number of aromatic nitrogens is 2. The number of benzene rings is 2. The fourth-order valence-corrected chi connectivity index (χ4v) is 3.52. The van der Waals surface area contributed by atoms with Crippen LogP contribution in [0.15, 0.2) is 69.6 Å². The number of aryl methyl sites for hydroxylation is 1. The van der Waals surface area contributed by atoms with Gasteiger partial charge in [0, 0.05) is 18.5 Å². The Bertz CT molecular complexity index is 1360. The zero-order chi connectivity index (χ0) is 23.4. The summed E-state index contributed by atoms with van der Waals surface area (Å²) >= 11 is 0. The Morgan fingerprint density at radius 2 is 1.85 bits per heavy atom. The molecule has 1 aromatic heterocycles. The van der Waals surface area contributed by atoms with Gasteiger partial charge in [0.2, 0.25) is 5.91 Å². The van der Waals surface area contributed by atoms with Crippen LogP contribution in [0.25, 0.3) is 10.9 Å². The minimum absolute atomic E-state index is 0.0323. The number of aromatic amines is 1. The molecular weight excluding hydrogens is 422 g/mol. The lowest BCUT2D eigenvalue weighted by Gasteiger charge is -2.13. The van der Waals surface area contributed by atoms with E-state index in [2.05, 4.69) is 25.6 Å². The number of nitrogens with zero attached hydrogens (tertiary/aromatic N) is 2. The molecule has 9 nitrogen and oxygen atoms in total. The van der Waals surface area contributed by atoms with E-state index in [4.69, 9.17) is 4.74 Å². The number of carbonyl (C=O) groups excluding carboxylic acids is 2. The number of anilines is 1. The smallest absolute Gasteiger partial charge is 0.343 e. The Hall–Kier alpha value is -4.27. The minimum atomic E-state index is -0.588. The average molecular weight is 445 g/mol. The normalized spacial score (nSPS) is 13.0. The number of amidine groups is 1. The molecule has 0 spiro atoms. The molecule has 33 heavy (non-hydrogen) atoms. The molecule has 4 rings (SSSR count). The molecule has 0 atom stereocenters. The van der Waals surface area contributed by atoms with Crippen LogP contribution in [0.1, 0.15) is 26.1 Å². The Morgan fingerprint density at radius 1 is 1.09 bits per heavy atom. The third kappa shape index (κ3) is 4.82. The standard InChI is InChI=1S/C24H23N5O4/c1-3-33-24(32)21-14(2)25-17-10-6-7-11-18(17)27-22(21)29-20(30)13-12-19-26-16-9-5-4-8-15(16)23(31)28-19/h4-11,25H,3,12-13H2,1-2H3,(H,26,28,31)(H,27,29,30). The van der Waals surface area contributed by atoms with E-state index in [0.29, 0.717) is 33.8 Å². The summed E-state index contributed by atoms with van der Waals surface area (Å²) in [5.41, 5.74) is 2.26. The number of allylic oxidation sites excluding steroid dienone is 1. The predicted molar refractivity (Wildman–Crippen MR) is 125 cm³/mol. The second kappa shape index (κ2) is 9.47. The monoisotopic (exact) mass is 445 g/mol. The van der Waals surface area contributed by atoms with E-state index >= 15 is 0 Å². The van der Waals surface area contributed by atoms with Crippen molar-refractivity contribution in [3.63, 3.8) is 0 Å². The van der Waals surface area contributed by atoms with Crippen molar-refractivity contribution in [2.24, 2.45) is 4.99 Å². The van der Waals surface area contributed by atoms with Gasteiger partial charge in [0.1, 0.15) is 17.2 Å². The summed E-state index contributed by atoms with van der Waals surface area (Å²) in [6.45, 7) is 3.62. The van der Waals surface area contributed by atoms with Gasteiger partial charge in [-0.1, -0.05) is 24.3 Å². The molecule has 1 aliphatic rings. The second-order valence-corrected chi connectivity index (χ2v) is 7.40. The first-order valence-corrected chi connectivity index (χ1v) is 10.6. The molecule has 3 N–H and O–H groups in total. The van der Waals surface area contributed by atoms with Gasteiger partial charge in [-0.2, -0.15) is 0 Å². The van der Waals surface area contributed by atoms with Crippen molar-refractivity contribution in [1.82, 2.24) is 15.3 Å². The first-order chi connectivity index (χ1) is 16.0. The van der Waals surface area contributed by atoms with Gasteiger partial charge >= 0.3 is 5.97 Å². The highest BCUT2D eigenvalue weighted by molar-refractivity contribution is 6.24. The number of para-hydroxylation sites is 3. The molecule has 0 aliphatic carbocycles. The molecule has 1 amide bonds. The SMILES string of the molecule is CCOC(=O)C1=C(C)Nc2ccccc2N=C1NC(=O)CCc1nc2ccccc2c(=O)[nH]1. The molecule has 0 bridgehead atoms. The minimum Gasteiger partial charge on any atom is -0.462 e. The summed E-state index contributed by atoms with van der Waals surface area (Å²) in [4.78, 5) is 49.3. The molecule has 0 saturated heterocycles. The highest BCUT2D eigenvalue weighted by atomic mass is 16.5. The van der Waals surface area contributed by atoms with Crippen LogP contribution in [0.5, 0.6) is 0 Å². The predicted octanol–water partition coefficient (Wildman–Crippen LogP) is 2.96. The number of hydrogen-bond donors (Lipinski definition) is 3. The van der Waals surface area contributed by atoms with Crippen LogP contribution in [-0.4, -0.2) is 34.3 Å². The molecule has 2 heterocycles. The Balaban J connectivity index is 1.57. The number of H-pyrrole nitrogens is 1. The first-order valence-electron chi connectivity index (χ1n) is 10.6. The third-order valence-corrected chi connectivity index (χ3v) is 5.06. The molecule has 3 aromatic rings. The highest BCUT2D eigenvalue weighted by Crippen LogP contribution is 2.30. The van der Waals surface area contributed by atoms with Crippen LogP contribution in [0.2, 0.25) is 0 Å². The molecule has 9 heteroatoms. The topological polar surface area (TPSA) is 126 Å². The number of ether oxygens (including phenoxy) is 1. The summed E-state index contributed by atoms with van der Waals surface area (Å²) in [6.07, 6.45) is 0.246. The van der Waals surface area contributed by atoms with Crippen LogP contribution in [0.3, 0.4) is 0 Å². The average Bonchev–Trinajstić information content (AvgIpc) is 2.93. The number of esters is 1. The Kier molecular flexibility index (Phi) is 6.30. The van der Waals surface area contributed by atoms with E-state index in [-0.39, 0.29) is 42.3 Å². The quantitative estimate of drug-likeness (QED) is 0.519. The van der Waals surface area contributed by atoms with Crippen molar-refractivity contribution in [2.45, 2.75) is 26.7 Å². The summed E-state index contributed by atoms with van der Waals surface area (Å²) in [6, 6.07) is 14.3. The van der Waals surface area contributed by atoms with Gasteiger partial charge in [-0.25, -0.2) is 14.8 Å². The number of aliphatic imine (C=N–C) groups is 1. The summed E-state index contributed by atoms with van der Waals surface area (Å²) in [5.74, 6) is -0.456. The fraction of sp³-hybridized carbons (Fsp3) is 0.208. The van der Waals surface area contributed by atoms with Gasteiger partial charge in [-0.3, -0.25) is 9.59 Å². The summed E-state index contributed by atoms with van der Waals surface area (Å²) < 4.78 is 5.18. The Morgan fingerprint density at radius 3 is 2.67 bits per heavy atom. The van der Waals surface area contributed by atoms with Gasteiger partial charge in [-0.05, 0) is 38.1 Å². The van der Waals surface area contributed by atoms with Crippen LogP contribution >= 0.6 is 0 Å². The van der Waals surface area contributed by atoms with Gasteiger partial charge < -0.3 is 20.4 Å². The molecular formula is C24H23N5O4. The van der Waals surface area contributed by atoms with Gasteiger partial charge in [0.15, 0.2) is 0 Å². The maximum absolute atomic E-state index is 12.8. The molecule has 0 radical (unpaired) electrons. The lowest BCUT2D eigenvalue weighted by Crippen LogP contribution is -2.35. The number of nitrogens with one attached hydrogen (secondary N) is 3. The van der Waals surface area contributed by atoms with Crippen molar-refractivity contribution < 1.29 is 14.3 Å². The largest absolute Gasteiger partial charge is 0.462 e. The maximum Gasteiger partial charge on any atom is 0.343 e. The van der Waals surface area contributed by atoms with Crippen molar-refractivity contribution in [3.05, 3.63) is 76.0 Å². The van der Waals surface area contributed by atoms with E-state index in [9.17, 15) is 14.4 Å². The first kappa shape index (κ1) is 21.9.